The van der Waals surface area contributed by atoms with Crippen molar-refractivity contribution in [2.24, 2.45) is 0 Å². The van der Waals surface area contributed by atoms with Crippen molar-refractivity contribution in [1.82, 2.24) is 0 Å². The molecule has 1 amide bonds. The molecule has 0 atom stereocenters. The van der Waals surface area contributed by atoms with Crippen LogP contribution < -0.4 is 5.32 Å². The van der Waals surface area contributed by atoms with Crippen LogP contribution in [0.15, 0.2) is 17.0 Å². The van der Waals surface area contributed by atoms with Gasteiger partial charge in [0.1, 0.15) is 11.6 Å². The van der Waals surface area contributed by atoms with Crippen LogP contribution in [0.5, 0.6) is 0 Å². The van der Waals surface area contributed by atoms with Gasteiger partial charge in [-0.15, -0.1) is 0 Å². The number of hydrogen-bond acceptors (Lipinski definition) is 4. The summed E-state index contributed by atoms with van der Waals surface area (Å²) < 4.78 is 49.7. The van der Waals surface area contributed by atoms with Crippen molar-refractivity contribution >= 4 is 21.4 Å². The third-order valence-corrected chi connectivity index (χ3v) is 3.41. The van der Waals surface area contributed by atoms with E-state index in [-0.39, 0.29) is 0 Å². The Bertz CT molecular complexity index is 635. The van der Waals surface area contributed by atoms with Crippen LogP contribution >= 0.6 is 0 Å². The molecule has 0 heterocycles. The van der Waals surface area contributed by atoms with Gasteiger partial charge in [-0.3, -0.25) is 4.79 Å². The molecule has 1 aromatic rings. The molecular weight excluding hydrogens is 266 g/mol. The molecule has 0 bridgehead atoms. The monoisotopic (exact) mass is 274 g/mol. The highest BCUT2D eigenvalue weighted by atomic mass is 32.2. The maximum absolute atomic E-state index is 13.4. The summed E-state index contributed by atoms with van der Waals surface area (Å²) >= 11 is 0. The van der Waals surface area contributed by atoms with Gasteiger partial charge in [-0.2, -0.15) is 5.26 Å². The summed E-state index contributed by atoms with van der Waals surface area (Å²) in [4.78, 5) is 10.1. The number of nitriles is 1. The van der Waals surface area contributed by atoms with E-state index in [1.807, 2.05) is 5.32 Å². The number of carbonyl (C=O) groups is 1. The zero-order valence-electron chi connectivity index (χ0n) is 9.20. The van der Waals surface area contributed by atoms with Crippen LogP contribution in [0.25, 0.3) is 0 Å². The summed E-state index contributed by atoms with van der Waals surface area (Å²) in [7, 11) is -4.19. The van der Waals surface area contributed by atoms with Crippen LogP contribution in [0.3, 0.4) is 0 Å². The van der Waals surface area contributed by atoms with Gasteiger partial charge in [-0.05, 0) is 6.07 Å². The zero-order valence-corrected chi connectivity index (χ0v) is 10.0. The lowest BCUT2D eigenvalue weighted by atomic mass is 10.3. The van der Waals surface area contributed by atoms with Gasteiger partial charge < -0.3 is 5.32 Å². The van der Waals surface area contributed by atoms with Gasteiger partial charge in [-0.25, -0.2) is 17.2 Å². The first-order chi connectivity index (χ1) is 8.27. The molecule has 0 saturated heterocycles. The number of halogens is 2. The molecule has 0 aromatic heterocycles. The first kappa shape index (κ1) is 14.1. The van der Waals surface area contributed by atoms with E-state index >= 15 is 0 Å². The van der Waals surface area contributed by atoms with Gasteiger partial charge in [0.05, 0.1) is 16.7 Å². The minimum absolute atomic E-state index is 0.441. The van der Waals surface area contributed by atoms with Crippen molar-refractivity contribution in [2.75, 3.05) is 11.1 Å². The molecule has 5 nitrogen and oxygen atoms in total. The number of carbonyl (C=O) groups excluding carboxylic acids is 1. The normalized spacial score (nSPS) is 10.8. The zero-order chi connectivity index (χ0) is 13.9. The van der Waals surface area contributed by atoms with Crippen LogP contribution in [0.2, 0.25) is 0 Å². The van der Waals surface area contributed by atoms with Crippen LogP contribution in [0.1, 0.15) is 6.92 Å². The Balaban J connectivity index is 3.51. The van der Waals surface area contributed by atoms with Crippen LogP contribution in [-0.2, 0) is 14.6 Å². The lowest BCUT2D eigenvalue weighted by Crippen LogP contribution is -2.15. The number of anilines is 1. The Morgan fingerprint density at radius 2 is 2.06 bits per heavy atom. The van der Waals surface area contributed by atoms with Gasteiger partial charge >= 0.3 is 0 Å². The van der Waals surface area contributed by atoms with E-state index in [1.54, 1.807) is 0 Å². The van der Waals surface area contributed by atoms with Crippen molar-refractivity contribution in [3.63, 3.8) is 0 Å². The van der Waals surface area contributed by atoms with Gasteiger partial charge in [0.15, 0.2) is 15.7 Å². The van der Waals surface area contributed by atoms with Crippen LogP contribution in [-0.4, -0.2) is 20.1 Å². The minimum Gasteiger partial charge on any atom is -0.323 e. The van der Waals surface area contributed by atoms with Gasteiger partial charge in [0.2, 0.25) is 5.91 Å². The second kappa shape index (κ2) is 5.10. The first-order valence-electron chi connectivity index (χ1n) is 4.64. The molecule has 0 aliphatic carbocycles. The third kappa shape index (κ3) is 3.01. The highest BCUT2D eigenvalue weighted by Gasteiger charge is 2.23. The lowest BCUT2D eigenvalue weighted by molar-refractivity contribution is -0.114. The lowest BCUT2D eigenvalue weighted by Gasteiger charge is -2.10. The van der Waals surface area contributed by atoms with Gasteiger partial charge in [-0.1, -0.05) is 0 Å². The molecule has 18 heavy (non-hydrogen) atoms. The van der Waals surface area contributed by atoms with E-state index in [9.17, 15) is 22.0 Å². The molecule has 1 N–H and O–H groups in total. The quantitative estimate of drug-likeness (QED) is 0.897. The van der Waals surface area contributed by atoms with Crippen molar-refractivity contribution < 1.29 is 22.0 Å². The molecule has 8 heteroatoms. The Morgan fingerprint density at radius 3 is 2.56 bits per heavy atom. The fourth-order valence-electron chi connectivity index (χ4n) is 1.26. The fourth-order valence-corrected chi connectivity index (χ4v) is 2.33. The molecule has 96 valence electrons. The molecule has 0 saturated carbocycles. The van der Waals surface area contributed by atoms with E-state index in [0.717, 1.165) is 6.92 Å². The molecule has 0 aliphatic heterocycles. The van der Waals surface area contributed by atoms with Crippen molar-refractivity contribution in [2.45, 2.75) is 11.8 Å². The molecule has 1 rings (SSSR count). The Kier molecular flexibility index (Phi) is 3.98. The van der Waals surface area contributed by atoms with E-state index in [4.69, 9.17) is 5.26 Å². The molecule has 0 fully saturated rings. The molecule has 0 spiro atoms. The third-order valence-electron chi connectivity index (χ3n) is 1.91. The summed E-state index contributed by atoms with van der Waals surface area (Å²) in [6.07, 6.45) is 0. The van der Waals surface area contributed by atoms with Crippen LogP contribution in [0.4, 0.5) is 14.5 Å². The Morgan fingerprint density at radius 1 is 1.44 bits per heavy atom. The van der Waals surface area contributed by atoms with Gasteiger partial charge in [0, 0.05) is 13.0 Å². The average Bonchev–Trinajstić information content (AvgIpc) is 2.21. The highest BCUT2D eigenvalue weighted by molar-refractivity contribution is 7.91. The number of amides is 1. The van der Waals surface area contributed by atoms with Crippen molar-refractivity contribution in [3.05, 3.63) is 23.8 Å². The molecular formula is C10H8F2N2O3S. The number of rotatable bonds is 3. The van der Waals surface area contributed by atoms with Crippen molar-refractivity contribution in [1.29, 1.82) is 5.26 Å². The maximum atomic E-state index is 13.4. The highest BCUT2D eigenvalue weighted by Crippen LogP contribution is 2.27. The molecule has 0 radical (unpaired) electrons. The smallest absolute Gasteiger partial charge is 0.221 e. The Labute approximate surface area is 102 Å². The average molecular weight is 274 g/mol. The number of nitrogens with one attached hydrogen (secondary N) is 1. The maximum Gasteiger partial charge on any atom is 0.221 e. The van der Waals surface area contributed by atoms with Crippen molar-refractivity contribution in [3.8, 4) is 6.07 Å². The summed E-state index contributed by atoms with van der Waals surface area (Å²) in [5.41, 5.74) is -0.654. The topological polar surface area (TPSA) is 87.0 Å². The predicted molar refractivity (Wildman–Crippen MR) is 58.3 cm³/mol. The second-order valence-electron chi connectivity index (χ2n) is 3.36. The second-order valence-corrected chi connectivity index (χ2v) is 5.32. The Hall–Kier alpha value is -2.01. The standard InChI is InChI=1S/C10H8F2N2O3S/c1-6(15)14-10-8(12)4-7(11)5-9(10)18(16,17)3-2-13/h4-5H,3H2,1H3,(H,14,15). The van der Waals surface area contributed by atoms with E-state index in [0.29, 0.717) is 12.1 Å². The SMILES string of the molecule is CC(=O)Nc1c(F)cc(F)cc1S(=O)(=O)CC#N. The molecule has 1 aromatic carbocycles. The van der Waals surface area contributed by atoms with Crippen LogP contribution in [0, 0.1) is 23.0 Å². The number of hydrogen-bond donors (Lipinski definition) is 1. The predicted octanol–water partition coefficient (Wildman–Crippen LogP) is 1.22. The molecule has 0 unspecified atom stereocenters. The summed E-state index contributed by atoms with van der Waals surface area (Å²) in [5.74, 6) is -3.99. The van der Waals surface area contributed by atoms with E-state index in [1.165, 1.54) is 6.07 Å². The summed E-state index contributed by atoms with van der Waals surface area (Å²) in [5, 5.41) is 10.3. The molecule has 0 aliphatic rings. The summed E-state index contributed by atoms with van der Waals surface area (Å²) in [6, 6.07) is 2.38. The summed E-state index contributed by atoms with van der Waals surface area (Å²) in [6.45, 7) is 1.05. The largest absolute Gasteiger partial charge is 0.323 e. The number of sulfone groups is 1. The minimum atomic E-state index is -4.19. The van der Waals surface area contributed by atoms with Gasteiger partial charge in [0.25, 0.3) is 0 Å². The number of benzene rings is 1. The fraction of sp³-hybridized carbons (Fsp3) is 0.200. The van der Waals surface area contributed by atoms with E-state index < -0.39 is 43.7 Å². The van der Waals surface area contributed by atoms with E-state index in [2.05, 4.69) is 0 Å². The number of nitrogens with zero attached hydrogens (tertiary/aromatic N) is 1. The first-order valence-corrected chi connectivity index (χ1v) is 6.29.